The van der Waals surface area contributed by atoms with Gasteiger partial charge in [-0.3, -0.25) is 0 Å². The molecule has 1 heterocycles. The van der Waals surface area contributed by atoms with E-state index in [1.165, 1.54) is 10.8 Å². The number of benzene rings is 1. The molecule has 2 rings (SSSR count). The van der Waals surface area contributed by atoms with Crippen molar-refractivity contribution >= 4 is 29.0 Å². The normalized spacial score (nSPS) is 10.6. The molecular weight excluding hydrogens is 305 g/mol. The number of hydrogen-bond acceptors (Lipinski definition) is 4. The van der Waals surface area contributed by atoms with Gasteiger partial charge in [0.1, 0.15) is 25.1 Å². The highest BCUT2D eigenvalue weighted by atomic mass is 35.5. The monoisotopic (exact) mass is 315 g/mol. The van der Waals surface area contributed by atoms with Crippen LogP contribution in [0, 0.1) is 17.0 Å². The van der Waals surface area contributed by atoms with Crippen molar-refractivity contribution in [2.75, 3.05) is 6.61 Å². The zero-order valence-corrected chi connectivity index (χ0v) is 12.1. The fourth-order valence-corrected chi connectivity index (χ4v) is 2.18. The number of nitrogens with zero attached hydrogens (tertiary/aromatic N) is 3. The van der Waals surface area contributed by atoms with Gasteiger partial charge in [-0.2, -0.15) is 0 Å². The second-order valence-corrected chi connectivity index (χ2v) is 4.84. The van der Waals surface area contributed by atoms with E-state index < -0.39 is 4.92 Å². The first-order valence-corrected chi connectivity index (χ1v) is 6.49. The third-order valence-electron chi connectivity index (χ3n) is 2.69. The summed E-state index contributed by atoms with van der Waals surface area (Å²) >= 11 is 11.7. The molecule has 0 saturated heterocycles. The van der Waals surface area contributed by atoms with E-state index in [9.17, 15) is 10.1 Å². The lowest BCUT2D eigenvalue weighted by molar-refractivity contribution is -0.392. The molecule has 0 radical (unpaired) electrons. The maximum Gasteiger partial charge on any atom is 0.342 e. The van der Waals surface area contributed by atoms with Gasteiger partial charge in [-0.15, -0.1) is 0 Å². The molecule has 0 bridgehead atoms. The molecule has 6 nitrogen and oxygen atoms in total. The van der Waals surface area contributed by atoms with E-state index in [4.69, 9.17) is 27.9 Å². The van der Waals surface area contributed by atoms with E-state index in [0.29, 0.717) is 28.2 Å². The first-order chi connectivity index (χ1) is 9.49. The molecule has 0 atom stereocenters. The van der Waals surface area contributed by atoms with Crippen LogP contribution in [0.5, 0.6) is 5.75 Å². The van der Waals surface area contributed by atoms with Crippen molar-refractivity contribution in [2.45, 2.75) is 13.5 Å². The van der Waals surface area contributed by atoms with Crippen LogP contribution < -0.4 is 4.74 Å². The molecule has 1 aromatic carbocycles. The molecule has 0 saturated carbocycles. The summed E-state index contributed by atoms with van der Waals surface area (Å²) < 4.78 is 6.97. The van der Waals surface area contributed by atoms with Gasteiger partial charge in [0.15, 0.2) is 5.82 Å². The molecule has 8 heteroatoms. The number of aromatic nitrogens is 2. The van der Waals surface area contributed by atoms with E-state index >= 15 is 0 Å². The van der Waals surface area contributed by atoms with Gasteiger partial charge in [0, 0.05) is 11.9 Å². The van der Waals surface area contributed by atoms with Crippen molar-refractivity contribution in [3.8, 4) is 5.75 Å². The third kappa shape index (κ3) is 3.20. The van der Waals surface area contributed by atoms with Gasteiger partial charge in [0.05, 0.1) is 5.02 Å². The van der Waals surface area contributed by atoms with Crippen LogP contribution in [-0.4, -0.2) is 21.1 Å². The van der Waals surface area contributed by atoms with Gasteiger partial charge in [-0.1, -0.05) is 23.2 Å². The quantitative estimate of drug-likeness (QED) is 0.625. The number of halogens is 2. The largest absolute Gasteiger partial charge is 0.488 e. The molecule has 0 aliphatic carbocycles. The van der Waals surface area contributed by atoms with Gasteiger partial charge in [0.25, 0.3) is 0 Å². The number of rotatable bonds is 5. The Kier molecular flexibility index (Phi) is 4.46. The molecule has 106 valence electrons. The van der Waals surface area contributed by atoms with E-state index in [-0.39, 0.29) is 12.4 Å². The van der Waals surface area contributed by atoms with Crippen molar-refractivity contribution in [3.05, 3.63) is 50.4 Å². The number of hydrogen-bond donors (Lipinski definition) is 0. The summed E-state index contributed by atoms with van der Waals surface area (Å²) in [5.41, 5.74) is 0. The number of nitro groups is 1. The van der Waals surface area contributed by atoms with Crippen molar-refractivity contribution in [2.24, 2.45) is 0 Å². The van der Waals surface area contributed by atoms with Crippen molar-refractivity contribution in [1.82, 2.24) is 9.55 Å². The van der Waals surface area contributed by atoms with Crippen LogP contribution >= 0.6 is 23.2 Å². The Morgan fingerprint density at radius 1 is 1.45 bits per heavy atom. The maximum atomic E-state index is 10.8. The molecule has 0 N–H and O–H groups in total. The lowest BCUT2D eigenvalue weighted by atomic mass is 10.3. The van der Waals surface area contributed by atoms with E-state index in [0.717, 1.165) is 0 Å². The highest BCUT2D eigenvalue weighted by Crippen LogP contribution is 2.27. The summed E-state index contributed by atoms with van der Waals surface area (Å²) in [5.74, 6) is 0.979. The summed E-state index contributed by atoms with van der Waals surface area (Å²) in [5, 5.41) is 11.7. The zero-order valence-electron chi connectivity index (χ0n) is 10.5. The third-order valence-corrected chi connectivity index (χ3v) is 3.22. The molecule has 1 aromatic heterocycles. The van der Waals surface area contributed by atoms with E-state index in [1.807, 2.05) is 0 Å². The number of aryl methyl sites for hydroxylation is 1. The van der Waals surface area contributed by atoms with Crippen LogP contribution in [0.4, 0.5) is 5.82 Å². The van der Waals surface area contributed by atoms with Gasteiger partial charge in [0.2, 0.25) is 0 Å². The van der Waals surface area contributed by atoms with Crippen LogP contribution in [0.15, 0.2) is 24.4 Å². The minimum absolute atomic E-state index is 0.0618. The number of imidazole rings is 1. The Morgan fingerprint density at radius 2 is 2.20 bits per heavy atom. The fourth-order valence-electron chi connectivity index (χ4n) is 1.72. The predicted molar refractivity (Wildman–Crippen MR) is 75.6 cm³/mol. The first-order valence-electron chi connectivity index (χ1n) is 5.73. The van der Waals surface area contributed by atoms with Crippen LogP contribution in [0.1, 0.15) is 5.82 Å². The van der Waals surface area contributed by atoms with E-state index in [2.05, 4.69) is 4.98 Å². The molecular formula is C12H11Cl2N3O3. The summed E-state index contributed by atoms with van der Waals surface area (Å²) in [6, 6.07) is 4.89. The standard InChI is InChI=1S/C12H11Cl2N3O3/c1-8-15-7-12(17(18)19)16(8)4-5-20-11-3-2-9(13)6-10(11)14/h2-3,6-7H,4-5H2,1H3. The average molecular weight is 316 g/mol. The van der Waals surface area contributed by atoms with Gasteiger partial charge < -0.3 is 14.9 Å². The minimum atomic E-state index is -0.477. The van der Waals surface area contributed by atoms with Gasteiger partial charge >= 0.3 is 5.82 Å². The van der Waals surface area contributed by atoms with Gasteiger partial charge in [-0.05, 0) is 23.1 Å². The van der Waals surface area contributed by atoms with Crippen LogP contribution in [0.2, 0.25) is 10.0 Å². The Labute approximate surface area is 125 Å². The summed E-state index contributed by atoms with van der Waals surface area (Å²) in [6.07, 6.45) is 1.23. The lowest BCUT2D eigenvalue weighted by Crippen LogP contribution is -2.12. The molecule has 0 spiro atoms. The maximum absolute atomic E-state index is 10.8. The van der Waals surface area contributed by atoms with Crippen LogP contribution in [0.3, 0.4) is 0 Å². The van der Waals surface area contributed by atoms with Crippen LogP contribution in [-0.2, 0) is 6.54 Å². The van der Waals surface area contributed by atoms with Crippen molar-refractivity contribution < 1.29 is 9.66 Å². The highest BCUT2D eigenvalue weighted by Gasteiger charge is 2.17. The molecule has 2 aromatic rings. The molecule has 0 aliphatic rings. The van der Waals surface area contributed by atoms with Crippen molar-refractivity contribution in [3.63, 3.8) is 0 Å². The topological polar surface area (TPSA) is 70.2 Å². The molecule has 0 fully saturated rings. The lowest BCUT2D eigenvalue weighted by Gasteiger charge is -2.08. The summed E-state index contributed by atoms with van der Waals surface area (Å²) in [6.45, 7) is 2.24. The van der Waals surface area contributed by atoms with Crippen molar-refractivity contribution in [1.29, 1.82) is 0 Å². The highest BCUT2D eigenvalue weighted by molar-refractivity contribution is 6.35. The Morgan fingerprint density at radius 3 is 2.85 bits per heavy atom. The second kappa shape index (κ2) is 6.11. The Hall–Kier alpha value is -1.79. The second-order valence-electron chi connectivity index (χ2n) is 4.00. The fraction of sp³-hybridized carbons (Fsp3) is 0.250. The van der Waals surface area contributed by atoms with Gasteiger partial charge in [-0.25, -0.2) is 9.55 Å². The Bertz CT molecular complexity index is 643. The predicted octanol–water partition coefficient (Wildman–Crippen LogP) is 3.49. The minimum Gasteiger partial charge on any atom is -0.488 e. The Balaban J connectivity index is 2.03. The zero-order chi connectivity index (χ0) is 14.7. The van der Waals surface area contributed by atoms with E-state index in [1.54, 1.807) is 25.1 Å². The SMILES string of the molecule is Cc1ncc([N+](=O)[O-])n1CCOc1ccc(Cl)cc1Cl. The molecule has 0 unspecified atom stereocenters. The smallest absolute Gasteiger partial charge is 0.342 e. The average Bonchev–Trinajstić information content (AvgIpc) is 2.74. The number of ether oxygens (including phenoxy) is 1. The van der Waals surface area contributed by atoms with Crippen LogP contribution in [0.25, 0.3) is 0 Å². The molecule has 0 amide bonds. The molecule has 0 aliphatic heterocycles. The summed E-state index contributed by atoms with van der Waals surface area (Å²) in [4.78, 5) is 14.3. The first kappa shape index (κ1) is 14.6. The molecule has 20 heavy (non-hydrogen) atoms. The summed E-state index contributed by atoms with van der Waals surface area (Å²) in [7, 11) is 0.